The monoisotopic (exact) mass is 505 g/mol. The van der Waals surface area contributed by atoms with Gasteiger partial charge in [-0.1, -0.05) is 13.3 Å². The molecule has 1 heterocycles. The van der Waals surface area contributed by atoms with Gasteiger partial charge < -0.3 is 28.6 Å². The van der Waals surface area contributed by atoms with Gasteiger partial charge in [-0.15, -0.1) is 0 Å². The number of ether oxygens (including phenoxy) is 5. The maximum absolute atomic E-state index is 13.7. The Labute approximate surface area is 218 Å². The van der Waals surface area contributed by atoms with E-state index in [9.17, 15) is 4.79 Å². The van der Waals surface area contributed by atoms with Gasteiger partial charge in [-0.2, -0.15) is 0 Å². The van der Waals surface area contributed by atoms with E-state index in [1.54, 1.807) is 21.3 Å². The minimum atomic E-state index is -0.307. The van der Waals surface area contributed by atoms with E-state index in [0.29, 0.717) is 49.0 Å². The van der Waals surface area contributed by atoms with Gasteiger partial charge in [0.2, 0.25) is 0 Å². The van der Waals surface area contributed by atoms with Crippen LogP contribution in [-0.2, 0) is 6.42 Å². The molecule has 0 saturated carbocycles. The zero-order chi connectivity index (χ0) is 26.2. The summed E-state index contributed by atoms with van der Waals surface area (Å²) in [5, 5.41) is 0. The number of unbranched alkanes of at least 4 members (excludes halogenated alkanes) is 1. The van der Waals surface area contributed by atoms with Gasteiger partial charge in [0.15, 0.2) is 11.5 Å². The highest BCUT2D eigenvalue weighted by molar-refractivity contribution is 5.95. The largest absolute Gasteiger partial charge is 0.497 e. The molecule has 0 saturated heterocycles. The van der Waals surface area contributed by atoms with Crippen LogP contribution in [0.25, 0.3) is 0 Å². The first-order valence-electron chi connectivity index (χ1n) is 12.6. The van der Waals surface area contributed by atoms with Crippen molar-refractivity contribution in [2.75, 3.05) is 41.1 Å². The number of fused-ring (bicyclic) bond motifs is 1. The molecule has 3 aromatic rings. The third-order valence-electron chi connectivity index (χ3n) is 6.60. The minimum Gasteiger partial charge on any atom is -0.497 e. The number of methoxy groups -OCH3 is 3. The van der Waals surface area contributed by atoms with Crippen LogP contribution in [0.1, 0.15) is 47.3 Å². The number of hydrogen-bond donors (Lipinski definition) is 0. The Morgan fingerprint density at radius 1 is 0.838 bits per heavy atom. The summed E-state index contributed by atoms with van der Waals surface area (Å²) in [6, 6.07) is 18.5. The molecule has 196 valence electrons. The Kier molecular flexibility index (Phi) is 8.77. The first-order valence-corrected chi connectivity index (χ1v) is 12.6. The van der Waals surface area contributed by atoms with Gasteiger partial charge in [0.25, 0.3) is 5.91 Å². The highest BCUT2D eigenvalue weighted by Crippen LogP contribution is 2.39. The van der Waals surface area contributed by atoms with Crippen LogP contribution in [-0.4, -0.2) is 51.9 Å². The number of rotatable bonds is 11. The average Bonchev–Trinajstić information content (AvgIpc) is 2.95. The number of carbonyl (C=O) groups excluding carboxylic acids is 1. The van der Waals surface area contributed by atoms with Crippen LogP contribution in [0, 0.1) is 0 Å². The zero-order valence-electron chi connectivity index (χ0n) is 22.0. The Bertz CT molecular complexity index is 1180. The van der Waals surface area contributed by atoms with Crippen molar-refractivity contribution in [3.05, 3.63) is 77.4 Å². The summed E-state index contributed by atoms with van der Waals surface area (Å²) in [7, 11) is 4.87. The number of carbonyl (C=O) groups is 1. The van der Waals surface area contributed by atoms with E-state index in [1.165, 1.54) is 0 Å². The normalized spacial score (nSPS) is 14.5. The summed E-state index contributed by atoms with van der Waals surface area (Å²) in [5.41, 5.74) is 2.72. The minimum absolute atomic E-state index is 0.0520. The molecule has 1 amide bonds. The van der Waals surface area contributed by atoms with E-state index in [2.05, 4.69) is 6.92 Å². The molecular weight excluding hydrogens is 470 g/mol. The van der Waals surface area contributed by atoms with Gasteiger partial charge in [-0.25, -0.2) is 0 Å². The molecule has 0 aromatic heterocycles. The molecule has 1 aliphatic heterocycles. The first kappa shape index (κ1) is 26.2. The molecule has 37 heavy (non-hydrogen) atoms. The molecule has 4 rings (SSSR count). The first-order chi connectivity index (χ1) is 18.1. The molecule has 0 bridgehead atoms. The Hall–Kier alpha value is -3.87. The van der Waals surface area contributed by atoms with Gasteiger partial charge in [-0.3, -0.25) is 4.79 Å². The van der Waals surface area contributed by atoms with Crippen LogP contribution in [0.4, 0.5) is 0 Å². The van der Waals surface area contributed by atoms with E-state index in [4.69, 9.17) is 23.7 Å². The van der Waals surface area contributed by atoms with Crippen molar-refractivity contribution in [2.45, 2.75) is 32.2 Å². The molecule has 0 fully saturated rings. The molecule has 7 heteroatoms. The van der Waals surface area contributed by atoms with Crippen molar-refractivity contribution in [2.24, 2.45) is 0 Å². The fraction of sp³-hybridized carbons (Fsp3) is 0.367. The summed E-state index contributed by atoms with van der Waals surface area (Å²) >= 11 is 0. The maximum Gasteiger partial charge on any atom is 0.254 e. The second-order valence-electron chi connectivity index (χ2n) is 8.88. The summed E-state index contributed by atoms with van der Waals surface area (Å²) in [5.74, 6) is 3.47. The summed E-state index contributed by atoms with van der Waals surface area (Å²) < 4.78 is 28.3. The van der Waals surface area contributed by atoms with Crippen LogP contribution < -0.4 is 23.7 Å². The maximum atomic E-state index is 13.7. The summed E-state index contributed by atoms with van der Waals surface area (Å²) in [4.78, 5) is 15.6. The van der Waals surface area contributed by atoms with Crippen molar-refractivity contribution in [3.63, 3.8) is 0 Å². The van der Waals surface area contributed by atoms with Crippen molar-refractivity contribution in [3.8, 4) is 28.7 Å². The van der Waals surface area contributed by atoms with E-state index >= 15 is 0 Å². The molecule has 1 unspecified atom stereocenters. The Morgan fingerprint density at radius 2 is 1.46 bits per heavy atom. The zero-order valence-corrected chi connectivity index (χ0v) is 22.0. The number of hydrogen-bond acceptors (Lipinski definition) is 6. The number of benzene rings is 3. The summed E-state index contributed by atoms with van der Waals surface area (Å²) in [6.45, 7) is 3.65. The van der Waals surface area contributed by atoms with E-state index in [1.807, 2.05) is 65.6 Å². The van der Waals surface area contributed by atoms with Gasteiger partial charge in [0.05, 0.1) is 34.0 Å². The lowest BCUT2D eigenvalue weighted by atomic mass is 9.91. The van der Waals surface area contributed by atoms with Gasteiger partial charge in [-0.05, 0) is 84.6 Å². The van der Waals surface area contributed by atoms with Crippen molar-refractivity contribution < 1.29 is 28.5 Å². The topological polar surface area (TPSA) is 66.5 Å². The fourth-order valence-electron chi connectivity index (χ4n) is 4.49. The highest BCUT2D eigenvalue weighted by atomic mass is 16.5. The van der Waals surface area contributed by atoms with Crippen molar-refractivity contribution >= 4 is 5.91 Å². The fourth-order valence-corrected chi connectivity index (χ4v) is 4.49. The van der Waals surface area contributed by atoms with Gasteiger partial charge >= 0.3 is 0 Å². The number of amides is 1. The smallest absolute Gasteiger partial charge is 0.254 e. The molecule has 0 N–H and O–H groups in total. The van der Waals surface area contributed by atoms with Crippen molar-refractivity contribution in [1.29, 1.82) is 0 Å². The molecule has 1 atom stereocenters. The van der Waals surface area contributed by atoms with Crippen LogP contribution in [0.5, 0.6) is 28.7 Å². The second kappa shape index (κ2) is 12.4. The lowest BCUT2D eigenvalue weighted by Gasteiger charge is -2.37. The molecule has 0 spiro atoms. The van der Waals surface area contributed by atoms with E-state index < -0.39 is 0 Å². The van der Waals surface area contributed by atoms with Crippen LogP contribution >= 0.6 is 0 Å². The predicted octanol–water partition coefficient (Wildman–Crippen LogP) is 5.71. The lowest BCUT2D eigenvalue weighted by Crippen LogP contribution is -2.42. The third-order valence-corrected chi connectivity index (χ3v) is 6.60. The Balaban J connectivity index is 1.60. The third kappa shape index (κ3) is 6.10. The predicted molar refractivity (Wildman–Crippen MR) is 142 cm³/mol. The molecule has 1 aliphatic rings. The molecule has 3 aromatic carbocycles. The van der Waals surface area contributed by atoms with Gasteiger partial charge in [0.1, 0.15) is 23.9 Å². The molecule has 7 nitrogen and oxygen atoms in total. The Morgan fingerprint density at radius 3 is 2.11 bits per heavy atom. The quantitative estimate of drug-likeness (QED) is 0.311. The SMILES string of the molecule is CCCCOc1ccc(C(=O)N2CCc3cc(OC)c(OC)cc3C2COc2ccc(OC)cc2)cc1. The average molecular weight is 506 g/mol. The lowest BCUT2D eigenvalue weighted by molar-refractivity contribution is 0.0589. The van der Waals surface area contributed by atoms with Crippen LogP contribution in [0.3, 0.4) is 0 Å². The molecule has 0 aliphatic carbocycles. The van der Waals surface area contributed by atoms with Crippen LogP contribution in [0.2, 0.25) is 0 Å². The molecule has 0 radical (unpaired) electrons. The summed E-state index contributed by atoms with van der Waals surface area (Å²) in [6.07, 6.45) is 2.78. The standard InChI is InChI=1S/C30H35NO6/c1-5-6-17-36-24-9-7-21(8-10-24)30(32)31-16-15-22-18-28(34-3)29(35-4)19-26(22)27(31)20-37-25-13-11-23(33-2)12-14-25/h7-14,18-19,27H,5-6,15-17,20H2,1-4H3. The number of nitrogens with zero attached hydrogens (tertiary/aromatic N) is 1. The second-order valence-corrected chi connectivity index (χ2v) is 8.88. The van der Waals surface area contributed by atoms with E-state index in [0.717, 1.165) is 35.5 Å². The van der Waals surface area contributed by atoms with Crippen molar-refractivity contribution in [1.82, 2.24) is 4.90 Å². The molecular formula is C30H35NO6. The van der Waals surface area contributed by atoms with Gasteiger partial charge in [0, 0.05) is 12.1 Å². The van der Waals surface area contributed by atoms with E-state index in [-0.39, 0.29) is 11.9 Å². The highest BCUT2D eigenvalue weighted by Gasteiger charge is 2.33. The van der Waals surface area contributed by atoms with Crippen LogP contribution in [0.15, 0.2) is 60.7 Å².